The van der Waals surface area contributed by atoms with E-state index in [0.29, 0.717) is 5.01 Å². The van der Waals surface area contributed by atoms with Gasteiger partial charge >= 0.3 is 0 Å². The van der Waals surface area contributed by atoms with Crippen LogP contribution in [0.15, 0.2) is 12.5 Å². The maximum atomic E-state index is 8.95. The van der Waals surface area contributed by atoms with Gasteiger partial charge in [0.2, 0.25) is 0 Å². The van der Waals surface area contributed by atoms with Gasteiger partial charge in [0.1, 0.15) is 5.01 Å². The van der Waals surface area contributed by atoms with E-state index in [-0.39, 0.29) is 12.0 Å². The molecule has 0 aromatic carbocycles. The smallest absolute Gasteiger partial charge is 0.181 e. The second-order valence-corrected chi connectivity index (χ2v) is 9.45. The third-order valence-corrected chi connectivity index (χ3v) is 5.76. The van der Waals surface area contributed by atoms with Crippen LogP contribution in [0.3, 0.4) is 0 Å². The molecule has 4 nitrogen and oxygen atoms in total. The summed E-state index contributed by atoms with van der Waals surface area (Å²) in [6.45, 7) is 6.34. The first kappa shape index (κ1) is 14.4. The van der Waals surface area contributed by atoms with Gasteiger partial charge in [0.15, 0.2) is 8.68 Å². The monoisotopic (exact) mass is 365 g/mol. The van der Waals surface area contributed by atoms with E-state index < -0.39 is 0 Å². The van der Waals surface area contributed by atoms with Crippen LogP contribution in [0.5, 0.6) is 0 Å². The van der Waals surface area contributed by atoms with Crippen LogP contribution in [-0.2, 0) is 12.0 Å². The third kappa shape index (κ3) is 3.30. The number of hydrogen-bond donors (Lipinski definition) is 1. The molecule has 98 valence electrons. The Morgan fingerprint density at radius 1 is 1.22 bits per heavy atom. The molecule has 2 aromatic rings. The van der Waals surface area contributed by atoms with Gasteiger partial charge in [-0.15, -0.1) is 10.2 Å². The van der Waals surface area contributed by atoms with Crippen molar-refractivity contribution in [3.63, 3.8) is 0 Å². The molecule has 0 aliphatic heterocycles. The Kier molecular flexibility index (Phi) is 4.43. The molecular weight excluding hydrogens is 354 g/mol. The first-order valence-corrected chi connectivity index (χ1v) is 8.42. The van der Waals surface area contributed by atoms with Crippen molar-refractivity contribution in [2.24, 2.45) is 0 Å². The predicted molar refractivity (Wildman–Crippen MR) is 78.5 cm³/mol. The molecule has 0 aliphatic rings. The number of hydrogen-bond acceptors (Lipinski definition) is 7. The number of thiazole rings is 1. The van der Waals surface area contributed by atoms with Crippen molar-refractivity contribution in [2.45, 2.75) is 41.5 Å². The van der Waals surface area contributed by atoms with Gasteiger partial charge in [-0.25, -0.2) is 4.98 Å². The van der Waals surface area contributed by atoms with Crippen LogP contribution < -0.4 is 0 Å². The summed E-state index contributed by atoms with van der Waals surface area (Å²) < 4.78 is 2.80. The highest BCUT2D eigenvalue weighted by molar-refractivity contribution is 9.11. The minimum Gasteiger partial charge on any atom is -0.389 e. The average Bonchev–Trinajstić information content (AvgIpc) is 2.84. The highest BCUT2D eigenvalue weighted by atomic mass is 79.9. The molecular formula is C10H12BrN3OS3. The highest BCUT2D eigenvalue weighted by Crippen LogP contribution is 2.40. The lowest BCUT2D eigenvalue weighted by atomic mass is 9.93. The van der Waals surface area contributed by atoms with Gasteiger partial charge in [-0.1, -0.05) is 43.4 Å². The van der Waals surface area contributed by atoms with Crippen molar-refractivity contribution in [1.29, 1.82) is 0 Å². The molecule has 0 unspecified atom stereocenters. The Labute approximate surface area is 126 Å². The van der Waals surface area contributed by atoms with Crippen LogP contribution in [0.2, 0.25) is 0 Å². The maximum absolute atomic E-state index is 8.95. The zero-order valence-corrected chi connectivity index (χ0v) is 14.1. The fourth-order valence-corrected chi connectivity index (χ4v) is 5.71. The third-order valence-electron chi connectivity index (χ3n) is 2.03. The molecule has 0 bridgehead atoms. The molecule has 0 amide bonds. The van der Waals surface area contributed by atoms with Crippen molar-refractivity contribution in [3.8, 4) is 0 Å². The summed E-state index contributed by atoms with van der Waals surface area (Å²) in [5.74, 6) is 0. The predicted octanol–water partition coefficient (Wildman–Crippen LogP) is 3.70. The number of aromatic nitrogens is 3. The first-order valence-electron chi connectivity index (χ1n) is 5.18. The van der Waals surface area contributed by atoms with Gasteiger partial charge in [-0.3, -0.25) is 0 Å². The maximum Gasteiger partial charge on any atom is 0.181 e. The van der Waals surface area contributed by atoms with Crippen LogP contribution in [0.1, 0.15) is 31.5 Å². The van der Waals surface area contributed by atoms with Crippen molar-refractivity contribution in [1.82, 2.24) is 15.2 Å². The van der Waals surface area contributed by atoms with Gasteiger partial charge in [0, 0.05) is 5.41 Å². The second-order valence-electron chi connectivity index (χ2n) is 4.57. The molecule has 0 fully saturated rings. The standard InChI is InChI=1S/C10H12BrN3OS3/c1-10(2,3)6-7(11)17-8(12-6)18-9-14-13-5(4-15)16-9/h15H,4H2,1-3H3. The van der Waals surface area contributed by atoms with Crippen molar-refractivity contribution >= 4 is 50.4 Å². The lowest BCUT2D eigenvalue weighted by Crippen LogP contribution is -2.12. The number of rotatable bonds is 3. The topological polar surface area (TPSA) is 58.9 Å². The summed E-state index contributed by atoms with van der Waals surface area (Å²) in [6.07, 6.45) is 0. The average molecular weight is 366 g/mol. The van der Waals surface area contributed by atoms with Crippen LogP contribution in [0.4, 0.5) is 0 Å². The van der Waals surface area contributed by atoms with Crippen LogP contribution in [0.25, 0.3) is 0 Å². The second kappa shape index (κ2) is 5.54. The summed E-state index contributed by atoms with van der Waals surface area (Å²) >= 11 is 8.03. The number of halogens is 1. The summed E-state index contributed by atoms with van der Waals surface area (Å²) in [5, 5.41) is 17.5. The van der Waals surface area contributed by atoms with Gasteiger partial charge in [-0.05, 0) is 27.7 Å². The fourth-order valence-electron chi connectivity index (χ4n) is 1.21. The summed E-state index contributed by atoms with van der Waals surface area (Å²) in [4.78, 5) is 4.62. The molecule has 0 spiro atoms. The van der Waals surface area contributed by atoms with E-state index >= 15 is 0 Å². The van der Waals surface area contributed by atoms with Crippen molar-refractivity contribution < 1.29 is 5.11 Å². The number of aliphatic hydroxyl groups is 1. The Bertz CT molecular complexity index is 547. The molecule has 0 aliphatic carbocycles. The minimum atomic E-state index is -0.0625. The van der Waals surface area contributed by atoms with Crippen molar-refractivity contribution in [3.05, 3.63) is 14.5 Å². The van der Waals surface area contributed by atoms with Crippen LogP contribution in [0, 0.1) is 0 Å². The largest absolute Gasteiger partial charge is 0.389 e. The Morgan fingerprint density at radius 2 is 1.94 bits per heavy atom. The van der Waals surface area contributed by atoms with E-state index in [1.807, 2.05) is 0 Å². The van der Waals surface area contributed by atoms with E-state index in [9.17, 15) is 0 Å². The molecule has 0 saturated heterocycles. The van der Waals surface area contributed by atoms with Gasteiger partial charge in [0.05, 0.1) is 16.1 Å². The SMILES string of the molecule is CC(C)(C)c1nc(Sc2nnc(CO)s2)sc1Br. The number of nitrogens with zero attached hydrogens (tertiary/aromatic N) is 3. The lowest BCUT2D eigenvalue weighted by molar-refractivity contribution is 0.280. The minimum absolute atomic E-state index is 0.0194. The van der Waals surface area contributed by atoms with E-state index in [4.69, 9.17) is 5.11 Å². The fraction of sp³-hybridized carbons (Fsp3) is 0.500. The van der Waals surface area contributed by atoms with Gasteiger partial charge < -0.3 is 5.11 Å². The van der Waals surface area contributed by atoms with Gasteiger partial charge in [0.25, 0.3) is 0 Å². The summed E-state index contributed by atoms with van der Waals surface area (Å²) in [6, 6.07) is 0. The van der Waals surface area contributed by atoms with E-state index in [1.165, 1.54) is 23.1 Å². The molecule has 2 rings (SSSR count). The molecule has 1 N–H and O–H groups in total. The summed E-state index contributed by atoms with van der Waals surface area (Å²) in [7, 11) is 0. The van der Waals surface area contributed by atoms with E-state index in [0.717, 1.165) is 18.2 Å². The zero-order chi connectivity index (χ0) is 13.3. The molecule has 0 radical (unpaired) electrons. The van der Waals surface area contributed by atoms with E-state index in [2.05, 4.69) is 51.9 Å². The first-order chi connectivity index (χ1) is 8.40. The quantitative estimate of drug-likeness (QED) is 0.898. The highest BCUT2D eigenvalue weighted by Gasteiger charge is 2.22. The molecule has 0 saturated carbocycles. The van der Waals surface area contributed by atoms with Crippen LogP contribution in [-0.4, -0.2) is 20.3 Å². The van der Waals surface area contributed by atoms with Crippen molar-refractivity contribution in [2.75, 3.05) is 0 Å². The Hall–Kier alpha value is -0.0200. The summed E-state index contributed by atoms with van der Waals surface area (Å²) in [5.41, 5.74) is 1.08. The normalized spacial score (nSPS) is 12.1. The zero-order valence-electron chi connectivity index (χ0n) is 10.1. The Morgan fingerprint density at radius 3 is 2.44 bits per heavy atom. The molecule has 2 heterocycles. The lowest BCUT2D eigenvalue weighted by Gasteiger charge is -2.15. The van der Waals surface area contributed by atoms with Gasteiger partial charge in [-0.2, -0.15) is 0 Å². The molecule has 0 atom stereocenters. The Balaban J connectivity index is 2.20. The molecule has 8 heteroatoms. The van der Waals surface area contributed by atoms with Crippen LogP contribution >= 0.6 is 50.4 Å². The molecule has 2 aromatic heterocycles. The molecule has 18 heavy (non-hydrogen) atoms. The van der Waals surface area contributed by atoms with E-state index in [1.54, 1.807) is 11.3 Å². The number of aliphatic hydroxyl groups excluding tert-OH is 1.